The van der Waals surface area contributed by atoms with E-state index in [1.165, 1.54) is 0 Å². The average Bonchev–Trinajstić information content (AvgIpc) is 2.15. The Bertz CT molecular complexity index is 138. The van der Waals surface area contributed by atoms with Crippen molar-refractivity contribution in [2.75, 3.05) is 7.11 Å². The highest BCUT2D eigenvalue weighted by atomic mass is 16.7. The van der Waals surface area contributed by atoms with Crippen LogP contribution in [0.4, 0.5) is 0 Å². The molecule has 0 aromatic carbocycles. The van der Waals surface area contributed by atoms with Gasteiger partial charge in [0.1, 0.15) is 0 Å². The van der Waals surface area contributed by atoms with Crippen LogP contribution in [0.15, 0.2) is 0 Å². The van der Waals surface area contributed by atoms with Crippen molar-refractivity contribution in [3.63, 3.8) is 0 Å². The van der Waals surface area contributed by atoms with E-state index < -0.39 is 0 Å². The Morgan fingerprint density at radius 1 is 1.08 bits per heavy atom. The van der Waals surface area contributed by atoms with Gasteiger partial charge in [0.05, 0.1) is 6.10 Å². The van der Waals surface area contributed by atoms with Crippen molar-refractivity contribution in [3.8, 4) is 0 Å². The Kier molecular flexibility index (Phi) is 3.74. The molecule has 1 aliphatic rings. The van der Waals surface area contributed by atoms with E-state index in [2.05, 4.69) is 27.7 Å². The van der Waals surface area contributed by atoms with Gasteiger partial charge in [0.2, 0.25) is 0 Å². The summed E-state index contributed by atoms with van der Waals surface area (Å²) in [6.45, 7) is 8.96. The lowest BCUT2D eigenvalue weighted by molar-refractivity contribution is -0.237. The summed E-state index contributed by atoms with van der Waals surface area (Å²) in [5, 5.41) is 0. The Morgan fingerprint density at radius 3 is 2.15 bits per heavy atom. The molecular formula is C11H22O2. The summed E-state index contributed by atoms with van der Waals surface area (Å²) in [6.07, 6.45) is 1.45. The molecule has 0 aromatic heterocycles. The van der Waals surface area contributed by atoms with E-state index in [0.29, 0.717) is 23.9 Å². The zero-order chi connectivity index (χ0) is 10.0. The van der Waals surface area contributed by atoms with Crippen molar-refractivity contribution in [1.29, 1.82) is 0 Å². The molecule has 0 aromatic rings. The van der Waals surface area contributed by atoms with Crippen LogP contribution in [0.25, 0.3) is 0 Å². The fraction of sp³-hybridized carbons (Fsp3) is 1.00. The highest BCUT2D eigenvalue weighted by Crippen LogP contribution is 2.36. The molecule has 0 radical (unpaired) electrons. The molecule has 1 rings (SSSR count). The largest absolute Gasteiger partial charge is 0.356 e. The third-order valence-corrected chi connectivity index (χ3v) is 3.62. The molecule has 0 spiro atoms. The summed E-state index contributed by atoms with van der Waals surface area (Å²) >= 11 is 0. The molecule has 1 aliphatic heterocycles. The number of rotatable bonds is 2. The normalized spacial score (nSPS) is 46.4. The maximum atomic E-state index is 5.86. The fourth-order valence-electron chi connectivity index (χ4n) is 2.22. The Balaban J connectivity index is 2.66. The van der Waals surface area contributed by atoms with E-state index in [4.69, 9.17) is 9.47 Å². The van der Waals surface area contributed by atoms with Crippen LogP contribution in [0.2, 0.25) is 0 Å². The van der Waals surface area contributed by atoms with Crippen molar-refractivity contribution >= 4 is 0 Å². The van der Waals surface area contributed by atoms with Gasteiger partial charge in [-0.3, -0.25) is 0 Å². The van der Waals surface area contributed by atoms with E-state index in [1.807, 2.05) is 0 Å². The minimum Gasteiger partial charge on any atom is -0.356 e. The maximum Gasteiger partial charge on any atom is 0.160 e. The van der Waals surface area contributed by atoms with Gasteiger partial charge in [0.25, 0.3) is 0 Å². The molecule has 2 unspecified atom stereocenters. The third kappa shape index (κ3) is 2.05. The number of hydrogen-bond acceptors (Lipinski definition) is 2. The van der Waals surface area contributed by atoms with Gasteiger partial charge >= 0.3 is 0 Å². The first-order chi connectivity index (χ1) is 6.11. The van der Waals surface area contributed by atoms with Crippen LogP contribution in [0, 0.1) is 17.8 Å². The second-order valence-electron chi connectivity index (χ2n) is 4.26. The minimum atomic E-state index is -0.00356. The summed E-state index contributed by atoms with van der Waals surface area (Å²) in [5.41, 5.74) is 0. The SMILES string of the molecule is CCC1O[C@@H](OC)C(C)[C@H](C)[C@H]1C. The summed E-state index contributed by atoms with van der Waals surface area (Å²) in [5.74, 6) is 1.83. The van der Waals surface area contributed by atoms with Gasteiger partial charge in [-0.15, -0.1) is 0 Å². The molecule has 5 atom stereocenters. The molecule has 13 heavy (non-hydrogen) atoms. The molecule has 1 fully saturated rings. The zero-order valence-corrected chi connectivity index (χ0v) is 9.41. The predicted molar refractivity (Wildman–Crippen MR) is 53.5 cm³/mol. The molecule has 2 nitrogen and oxygen atoms in total. The summed E-state index contributed by atoms with van der Waals surface area (Å²) in [7, 11) is 1.73. The van der Waals surface area contributed by atoms with Gasteiger partial charge in [0.15, 0.2) is 6.29 Å². The molecular weight excluding hydrogens is 164 g/mol. The number of methoxy groups -OCH3 is 1. The molecule has 1 heterocycles. The first-order valence-electron chi connectivity index (χ1n) is 5.30. The molecule has 2 heteroatoms. The van der Waals surface area contributed by atoms with Crippen molar-refractivity contribution < 1.29 is 9.47 Å². The van der Waals surface area contributed by atoms with Crippen molar-refractivity contribution in [3.05, 3.63) is 0 Å². The van der Waals surface area contributed by atoms with Crippen LogP contribution in [0.1, 0.15) is 34.1 Å². The Labute approximate surface area is 81.6 Å². The van der Waals surface area contributed by atoms with Crippen LogP contribution in [-0.2, 0) is 9.47 Å². The highest BCUT2D eigenvalue weighted by molar-refractivity contribution is 4.81. The standard InChI is InChI=1S/C11H22O2/c1-6-10-8(3)7(2)9(4)11(12-5)13-10/h7-11H,6H2,1-5H3/t7-,8-,9?,10?,11-/m1/s1. The summed E-state index contributed by atoms with van der Waals surface area (Å²) in [4.78, 5) is 0. The summed E-state index contributed by atoms with van der Waals surface area (Å²) < 4.78 is 11.2. The lowest BCUT2D eigenvalue weighted by Gasteiger charge is -2.42. The molecule has 0 saturated carbocycles. The number of hydrogen-bond donors (Lipinski definition) is 0. The summed E-state index contributed by atoms with van der Waals surface area (Å²) in [6, 6.07) is 0. The van der Waals surface area contributed by atoms with Gasteiger partial charge in [-0.05, 0) is 18.3 Å². The first-order valence-corrected chi connectivity index (χ1v) is 5.30. The Morgan fingerprint density at radius 2 is 1.69 bits per heavy atom. The van der Waals surface area contributed by atoms with Gasteiger partial charge in [-0.2, -0.15) is 0 Å². The monoisotopic (exact) mass is 186 g/mol. The molecule has 0 N–H and O–H groups in total. The first kappa shape index (κ1) is 11.0. The quantitative estimate of drug-likeness (QED) is 0.660. The lowest BCUT2D eigenvalue weighted by Crippen LogP contribution is -2.45. The second-order valence-corrected chi connectivity index (χ2v) is 4.26. The minimum absolute atomic E-state index is 0.00356. The predicted octanol–water partition coefficient (Wildman–Crippen LogP) is 2.68. The topological polar surface area (TPSA) is 18.5 Å². The zero-order valence-electron chi connectivity index (χ0n) is 9.41. The van der Waals surface area contributed by atoms with Crippen LogP contribution in [-0.4, -0.2) is 19.5 Å². The molecule has 0 bridgehead atoms. The van der Waals surface area contributed by atoms with E-state index in [-0.39, 0.29) is 6.29 Å². The van der Waals surface area contributed by atoms with E-state index in [9.17, 15) is 0 Å². The second kappa shape index (κ2) is 4.43. The van der Waals surface area contributed by atoms with Crippen molar-refractivity contribution in [1.82, 2.24) is 0 Å². The van der Waals surface area contributed by atoms with Crippen LogP contribution in [0.5, 0.6) is 0 Å². The maximum absolute atomic E-state index is 5.86. The molecule has 0 amide bonds. The van der Waals surface area contributed by atoms with Crippen molar-refractivity contribution in [2.45, 2.75) is 46.5 Å². The Hall–Kier alpha value is -0.0800. The number of ether oxygens (including phenoxy) is 2. The molecule has 0 aliphatic carbocycles. The van der Waals surface area contributed by atoms with E-state index in [0.717, 1.165) is 6.42 Å². The molecule has 1 saturated heterocycles. The van der Waals surface area contributed by atoms with Crippen molar-refractivity contribution in [2.24, 2.45) is 17.8 Å². The highest BCUT2D eigenvalue weighted by Gasteiger charge is 2.38. The fourth-order valence-corrected chi connectivity index (χ4v) is 2.22. The lowest BCUT2D eigenvalue weighted by atomic mass is 9.78. The van der Waals surface area contributed by atoms with E-state index >= 15 is 0 Å². The van der Waals surface area contributed by atoms with Gasteiger partial charge in [-0.1, -0.05) is 27.7 Å². The van der Waals surface area contributed by atoms with Gasteiger partial charge in [-0.25, -0.2) is 0 Å². The van der Waals surface area contributed by atoms with Crippen LogP contribution >= 0.6 is 0 Å². The van der Waals surface area contributed by atoms with Crippen LogP contribution in [0.3, 0.4) is 0 Å². The van der Waals surface area contributed by atoms with Gasteiger partial charge in [0, 0.05) is 13.0 Å². The smallest absolute Gasteiger partial charge is 0.160 e. The van der Waals surface area contributed by atoms with Crippen LogP contribution < -0.4 is 0 Å². The average molecular weight is 186 g/mol. The van der Waals surface area contributed by atoms with E-state index in [1.54, 1.807) is 7.11 Å². The third-order valence-electron chi connectivity index (χ3n) is 3.62. The van der Waals surface area contributed by atoms with Gasteiger partial charge < -0.3 is 9.47 Å². The molecule has 78 valence electrons.